The van der Waals surface area contributed by atoms with Crippen LogP contribution in [-0.4, -0.2) is 36.6 Å². The van der Waals surface area contributed by atoms with E-state index in [0.29, 0.717) is 5.75 Å². The molecule has 0 amide bonds. The summed E-state index contributed by atoms with van der Waals surface area (Å²) in [7, 11) is 0. The molecule has 0 spiro atoms. The zero-order chi connectivity index (χ0) is 15.5. The van der Waals surface area contributed by atoms with E-state index in [1.165, 1.54) is 23.7 Å². The molecule has 22 heavy (non-hydrogen) atoms. The Balaban J connectivity index is 1.94. The van der Waals surface area contributed by atoms with Crippen LogP contribution < -0.4 is 0 Å². The SMILES string of the molecule is Cc1ccc(-n2ncc3c(SCCC(=O)O)ncnc32)cc1. The third-order valence-corrected chi connectivity index (χ3v) is 4.17. The van der Waals surface area contributed by atoms with Crippen LogP contribution in [0.4, 0.5) is 0 Å². The van der Waals surface area contributed by atoms with Crippen LogP contribution in [0.5, 0.6) is 0 Å². The lowest BCUT2D eigenvalue weighted by Crippen LogP contribution is -1.99. The number of aromatic nitrogens is 4. The van der Waals surface area contributed by atoms with E-state index in [2.05, 4.69) is 15.1 Å². The van der Waals surface area contributed by atoms with Gasteiger partial charge in [-0.15, -0.1) is 11.8 Å². The number of carboxylic acids is 1. The molecule has 1 aromatic carbocycles. The van der Waals surface area contributed by atoms with Gasteiger partial charge in [-0.1, -0.05) is 17.7 Å². The molecule has 2 aromatic heterocycles. The number of rotatable bonds is 5. The van der Waals surface area contributed by atoms with Gasteiger partial charge in [-0.2, -0.15) is 5.10 Å². The highest BCUT2D eigenvalue weighted by molar-refractivity contribution is 7.99. The van der Waals surface area contributed by atoms with Crippen LogP contribution in [0.15, 0.2) is 41.8 Å². The summed E-state index contributed by atoms with van der Waals surface area (Å²) in [6.45, 7) is 2.03. The van der Waals surface area contributed by atoms with E-state index in [9.17, 15) is 4.79 Å². The van der Waals surface area contributed by atoms with Gasteiger partial charge in [-0.3, -0.25) is 4.79 Å². The van der Waals surface area contributed by atoms with Gasteiger partial charge in [0.2, 0.25) is 0 Å². The molecule has 0 aliphatic carbocycles. The van der Waals surface area contributed by atoms with Gasteiger partial charge < -0.3 is 5.11 Å². The third kappa shape index (κ3) is 2.94. The number of fused-ring (bicyclic) bond motifs is 1. The summed E-state index contributed by atoms with van der Waals surface area (Å²) < 4.78 is 1.76. The molecule has 0 aliphatic rings. The van der Waals surface area contributed by atoms with Gasteiger partial charge in [-0.25, -0.2) is 14.6 Å². The van der Waals surface area contributed by atoms with Gasteiger partial charge in [0, 0.05) is 5.75 Å². The minimum Gasteiger partial charge on any atom is -0.481 e. The lowest BCUT2D eigenvalue weighted by atomic mass is 10.2. The first kappa shape index (κ1) is 14.5. The van der Waals surface area contributed by atoms with Crippen LogP contribution in [0.25, 0.3) is 16.7 Å². The quantitative estimate of drug-likeness (QED) is 0.576. The number of aryl methyl sites for hydroxylation is 1. The standard InChI is InChI=1S/C15H14N4O2S/c1-10-2-4-11(5-3-10)19-14-12(8-18-19)15(17-9-16-14)22-7-6-13(20)21/h2-5,8-9H,6-7H2,1H3,(H,20,21). The van der Waals surface area contributed by atoms with Crippen molar-refractivity contribution >= 4 is 28.8 Å². The predicted octanol–water partition coefficient (Wildman–Crippen LogP) is 2.69. The molecule has 0 saturated heterocycles. The molecule has 0 fully saturated rings. The predicted molar refractivity (Wildman–Crippen MR) is 84.4 cm³/mol. The fourth-order valence-corrected chi connectivity index (χ4v) is 2.94. The van der Waals surface area contributed by atoms with Crippen LogP contribution in [0, 0.1) is 6.92 Å². The fraction of sp³-hybridized carbons (Fsp3) is 0.200. The number of aliphatic carboxylic acids is 1. The number of hydrogen-bond acceptors (Lipinski definition) is 5. The van der Waals surface area contributed by atoms with Gasteiger partial charge in [0.25, 0.3) is 0 Å². The molecule has 0 radical (unpaired) electrons. The average Bonchev–Trinajstić information content (AvgIpc) is 2.92. The van der Waals surface area contributed by atoms with Crippen LogP contribution in [0.2, 0.25) is 0 Å². The number of nitrogens with zero attached hydrogens (tertiary/aromatic N) is 4. The topological polar surface area (TPSA) is 80.9 Å². The van der Waals surface area contributed by atoms with Crippen molar-refractivity contribution in [3.8, 4) is 5.69 Å². The van der Waals surface area contributed by atoms with E-state index in [0.717, 1.165) is 21.7 Å². The molecule has 3 aromatic rings. The molecule has 3 rings (SSSR count). The summed E-state index contributed by atoms with van der Waals surface area (Å²) in [6.07, 6.45) is 3.30. The second-order valence-corrected chi connectivity index (χ2v) is 5.88. The van der Waals surface area contributed by atoms with E-state index in [1.807, 2.05) is 31.2 Å². The smallest absolute Gasteiger partial charge is 0.304 e. The molecule has 112 valence electrons. The summed E-state index contributed by atoms with van der Waals surface area (Å²) in [4.78, 5) is 19.1. The van der Waals surface area contributed by atoms with Crippen molar-refractivity contribution in [2.24, 2.45) is 0 Å². The lowest BCUT2D eigenvalue weighted by Gasteiger charge is -2.04. The second kappa shape index (κ2) is 6.15. The van der Waals surface area contributed by atoms with Crippen molar-refractivity contribution in [1.82, 2.24) is 19.7 Å². The van der Waals surface area contributed by atoms with Gasteiger partial charge in [0.05, 0.1) is 23.7 Å². The van der Waals surface area contributed by atoms with Gasteiger partial charge in [0.15, 0.2) is 5.65 Å². The van der Waals surface area contributed by atoms with Crippen LogP contribution >= 0.6 is 11.8 Å². The van der Waals surface area contributed by atoms with E-state index in [1.54, 1.807) is 10.9 Å². The Morgan fingerprint density at radius 1 is 1.27 bits per heavy atom. The number of carbonyl (C=O) groups is 1. The molecule has 0 aliphatic heterocycles. The minimum absolute atomic E-state index is 0.0995. The molecule has 2 heterocycles. The zero-order valence-corrected chi connectivity index (χ0v) is 12.7. The molecular weight excluding hydrogens is 300 g/mol. The Morgan fingerprint density at radius 3 is 2.77 bits per heavy atom. The zero-order valence-electron chi connectivity index (χ0n) is 11.9. The number of benzene rings is 1. The van der Waals surface area contributed by atoms with Crippen molar-refractivity contribution in [3.05, 3.63) is 42.4 Å². The molecular formula is C15H14N4O2S. The van der Waals surface area contributed by atoms with Crippen molar-refractivity contribution in [3.63, 3.8) is 0 Å². The monoisotopic (exact) mass is 314 g/mol. The normalized spacial score (nSPS) is 11.0. The maximum absolute atomic E-state index is 10.6. The number of carboxylic acid groups (broad SMARTS) is 1. The number of hydrogen-bond donors (Lipinski definition) is 1. The first-order chi connectivity index (χ1) is 10.6. The van der Waals surface area contributed by atoms with Crippen LogP contribution in [0.1, 0.15) is 12.0 Å². The molecule has 1 N–H and O–H groups in total. The Kier molecular flexibility index (Phi) is 4.06. The molecule has 7 heteroatoms. The van der Waals surface area contributed by atoms with Crippen LogP contribution in [-0.2, 0) is 4.79 Å². The van der Waals surface area contributed by atoms with E-state index in [-0.39, 0.29) is 6.42 Å². The van der Waals surface area contributed by atoms with E-state index >= 15 is 0 Å². The molecule has 0 bridgehead atoms. The van der Waals surface area contributed by atoms with E-state index < -0.39 is 5.97 Å². The molecule has 0 atom stereocenters. The maximum atomic E-state index is 10.6. The largest absolute Gasteiger partial charge is 0.481 e. The molecule has 0 saturated carbocycles. The van der Waals surface area contributed by atoms with Crippen molar-refractivity contribution in [2.75, 3.05) is 5.75 Å². The Morgan fingerprint density at radius 2 is 2.05 bits per heavy atom. The van der Waals surface area contributed by atoms with Gasteiger partial charge in [-0.05, 0) is 19.1 Å². The van der Waals surface area contributed by atoms with Crippen molar-refractivity contribution in [1.29, 1.82) is 0 Å². The maximum Gasteiger partial charge on any atom is 0.304 e. The second-order valence-electron chi connectivity index (χ2n) is 4.80. The van der Waals surface area contributed by atoms with Gasteiger partial charge in [0.1, 0.15) is 11.4 Å². The molecule has 6 nitrogen and oxygen atoms in total. The third-order valence-electron chi connectivity index (χ3n) is 3.16. The Hall–Kier alpha value is -2.41. The van der Waals surface area contributed by atoms with Crippen molar-refractivity contribution < 1.29 is 9.90 Å². The summed E-state index contributed by atoms with van der Waals surface area (Å²) in [5.41, 5.74) is 2.83. The fourth-order valence-electron chi connectivity index (χ4n) is 2.05. The van der Waals surface area contributed by atoms with Gasteiger partial charge >= 0.3 is 5.97 Å². The van der Waals surface area contributed by atoms with Crippen LogP contribution in [0.3, 0.4) is 0 Å². The summed E-state index contributed by atoms with van der Waals surface area (Å²) in [5.74, 6) is -0.342. The Labute approximate surface area is 131 Å². The number of thioether (sulfide) groups is 1. The highest BCUT2D eigenvalue weighted by atomic mass is 32.2. The van der Waals surface area contributed by atoms with E-state index in [4.69, 9.17) is 5.11 Å². The summed E-state index contributed by atoms with van der Waals surface area (Å²) in [5, 5.41) is 14.7. The summed E-state index contributed by atoms with van der Waals surface area (Å²) in [6, 6.07) is 8.02. The first-order valence-corrected chi connectivity index (χ1v) is 7.74. The average molecular weight is 314 g/mol. The Bertz CT molecular complexity index is 814. The highest BCUT2D eigenvalue weighted by Crippen LogP contribution is 2.26. The van der Waals surface area contributed by atoms with Crippen molar-refractivity contribution in [2.45, 2.75) is 18.4 Å². The highest BCUT2D eigenvalue weighted by Gasteiger charge is 2.11. The minimum atomic E-state index is -0.812. The first-order valence-electron chi connectivity index (χ1n) is 6.75. The summed E-state index contributed by atoms with van der Waals surface area (Å²) >= 11 is 1.40. The molecule has 0 unspecified atom stereocenters. The lowest BCUT2D eigenvalue weighted by molar-refractivity contribution is -0.136.